The van der Waals surface area contributed by atoms with Crippen molar-refractivity contribution >= 4 is 17.2 Å². The molecule has 1 saturated heterocycles. The molecule has 1 amide bonds. The van der Waals surface area contributed by atoms with Gasteiger partial charge in [-0.05, 0) is 17.2 Å². The summed E-state index contributed by atoms with van der Waals surface area (Å²) in [5.74, 6) is 1.04. The van der Waals surface area contributed by atoms with Crippen LogP contribution in [0.3, 0.4) is 0 Å². The van der Waals surface area contributed by atoms with E-state index in [1.165, 1.54) is 15.7 Å². The second-order valence-corrected chi connectivity index (χ2v) is 7.35. The van der Waals surface area contributed by atoms with Gasteiger partial charge in [-0.25, -0.2) is 0 Å². The lowest BCUT2D eigenvalue weighted by Crippen LogP contribution is -2.49. The first-order valence-corrected chi connectivity index (χ1v) is 9.46. The molecular weight excluding hydrogens is 338 g/mol. The Balaban J connectivity index is 1.30. The number of piperazine rings is 1. The molecule has 1 aromatic carbocycles. The van der Waals surface area contributed by atoms with E-state index in [4.69, 9.17) is 4.74 Å². The fraction of sp³-hybridized carbons (Fsp3) is 0.444. The highest BCUT2D eigenvalue weighted by Gasteiger charge is 2.22. The van der Waals surface area contributed by atoms with E-state index in [1.54, 1.807) is 11.6 Å². The Bertz CT molecular complexity index is 821. The largest absolute Gasteiger partial charge is 0.493 e. The first-order chi connectivity index (χ1) is 12.2. The van der Waals surface area contributed by atoms with Gasteiger partial charge in [0.2, 0.25) is 5.91 Å². The zero-order valence-electron chi connectivity index (χ0n) is 14.0. The highest BCUT2D eigenvalue weighted by molar-refractivity contribution is 7.07. The summed E-state index contributed by atoms with van der Waals surface area (Å²) in [7, 11) is 0. The number of ether oxygens (including phenoxy) is 1. The van der Waals surface area contributed by atoms with Crippen molar-refractivity contribution in [3.8, 4) is 5.75 Å². The Hall–Kier alpha value is -2.12. The van der Waals surface area contributed by atoms with Crippen molar-refractivity contribution in [2.45, 2.75) is 19.5 Å². The molecule has 2 aliphatic heterocycles. The summed E-state index contributed by atoms with van der Waals surface area (Å²) in [5, 5.41) is 1.72. The Kier molecular flexibility index (Phi) is 4.59. The van der Waals surface area contributed by atoms with Gasteiger partial charge in [0.25, 0.3) is 0 Å². The highest BCUT2D eigenvalue weighted by Crippen LogP contribution is 2.26. The van der Waals surface area contributed by atoms with Crippen LogP contribution in [0.4, 0.5) is 0 Å². The average molecular weight is 359 g/mol. The van der Waals surface area contributed by atoms with Crippen LogP contribution in [-0.2, 0) is 24.3 Å². The summed E-state index contributed by atoms with van der Waals surface area (Å²) >= 11 is 1.12. The third-order valence-corrected chi connectivity index (χ3v) is 5.53. The van der Waals surface area contributed by atoms with Gasteiger partial charge in [0.1, 0.15) is 12.3 Å². The summed E-state index contributed by atoms with van der Waals surface area (Å²) in [5.41, 5.74) is 2.60. The Morgan fingerprint density at radius 2 is 2.04 bits per heavy atom. The lowest BCUT2D eigenvalue weighted by molar-refractivity contribution is -0.133. The Morgan fingerprint density at radius 3 is 2.80 bits per heavy atom. The zero-order chi connectivity index (χ0) is 17.2. The standard InChI is InChI=1S/C18H21N3O3S/c22-17(13-21-8-10-25-18(21)23)20-6-4-19(5-7-20)12-14-1-2-16-15(11-14)3-9-24-16/h1-2,8,10-11H,3-7,9,12-13H2. The van der Waals surface area contributed by atoms with E-state index in [9.17, 15) is 9.59 Å². The minimum absolute atomic E-state index is 0.0230. The van der Waals surface area contributed by atoms with Gasteiger partial charge in [-0.1, -0.05) is 23.5 Å². The molecule has 0 atom stereocenters. The monoisotopic (exact) mass is 359 g/mol. The number of amides is 1. The number of hydrogen-bond acceptors (Lipinski definition) is 5. The van der Waals surface area contributed by atoms with Crippen LogP contribution in [-0.4, -0.2) is 53.1 Å². The number of rotatable bonds is 4. The van der Waals surface area contributed by atoms with E-state index in [2.05, 4.69) is 23.1 Å². The topological polar surface area (TPSA) is 54.8 Å². The Morgan fingerprint density at radius 1 is 1.20 bits per heavy atom. The van der Waals surface area contributed by atoms with Crippen molar-refractivity contribution in [2.24, 2.45) is 0 Å². The van der Waals surface area contributed by atoms with Gasteiger partial charge >= 0.3 is 4.87 Å². The molecule has 0 N–H and O–H groups in total. The third kappa shape index (κ3) is 3.62. The molecule has 2 aromatic rings. The highest BCUT2D eigenvalue weighted by atomic mass is 32.1. The van der Waals surface area contributed by atoms with E-state index in [-0.39, 0.29) is 17.3 Å². The number of fused-ring (bicyclic) bond motifs is 1. The van der Waals surface area contributed by atoms with Gasteiger partial charge < -0.3 is 9.64 Å². The molecule has 0 unspecified atom stereocenters. The maximum Gasteiger partial charge on any atom is 0.307 e. The number of carbonyl (C=O) groups is 1. The molecule has 7 heteroatoms. The zero-order valence-corrected chi connectivity index (χ0v) is 14.8. The van der Waals surface area contributed by atoms with Crippen molar-refractivity contribution in [3.63, 3.8) is 0 Å². The van der Waals surface area contributed by atoms with Crippen molar-refractivity contribution in [1.82, 2.24) is 14.4 Å². The van der Waals surface area contributed by atoms with Crippen molar-refractivity contribution in [3.05, 3.63) is 50.6 Å². The molecule has 0 radical (unpaired) electrons. The minimum Gasteiger partial charge on any atom is -0.493 e. The molecule has 6 nitrogen and oxygen atoms in total. The molecule has 0 aliphatic carbocycles. The molecule has 0 saturated carbocycles. The van der Waals surface area contributed by atoms with Gasteiger partial charge in [-0.3, -0.25) is 19.1 Å². The molecule has 25 heavy (non-hydrogen) atoms. The maximum absolute atomic E-state index is 12.3. The minimum atomic E-state index is -0.0763. The normalized spacial score (nSPS) is 17.4. The van der Waals surface area contributed by atoms with E-state index < -0.39 is 0 Å². The van der Waals surface area contributed by atoms with E-state index >= 15 is 0 Å². The van der Waals surface area contributed by atoms with E-state index in [1.807, 2.05) is 4.90 Å². The fourth-order valence-corrected chi connectivity index (χ4v) is 3.99. The first kappa shape index (κ1) is 16.4. The molecular formula is C18H21N3O3S. The SMILES string of the molecule is O=C(Cn1ccsc1=O)N1CCN(Cc2ccc3c(c2)CCO3)CC1. The number of nitrogens with zero attached hydrogens (tertiary/aromatic N) is 3. The lowest BCUT2D eigenvalue weighted by atomic mass is 10.1. The maximum atomic E-state index is 12.3. The number of carbonyl (C=O) groups excluding carboxylic acids is 1. The van der Waals surface area contributed by atoms with Crippen LogP contribution < -0.4 is 9.61 Å². The number of aromatic nitrogens is 1. The smallest absolute Gasteiger partial charge is 0.307 e. The molecule has 1 fully saturated rings. The lowest BCUT2D eigenvalue weighted by Gasteiger charge is -2.34. The van der Waals surface area contributed by atoms with Crippen LogP contribution in [0, 0.1) is 0 Å². The van der Waals surface area contributed by atoms with Crippen LogP contribution in [0.1, 0.15) is 11.1 Å². The van der Waals surface area contributed by atoms with Gasteiger partial charge in [0, 0.05) is 50.7 Å². The van der Waals surface area contributed by atoms with Crippen LogP contribution in [0.5, 0.6) is 5.75 Å². The van der Waals surface area contributed by atoms with Crippen molar-refractivity contribution in [2.75, 3.05) is 32.8 Å². The number of hydrogen-bond donors (Lipinski definition) is 0. The molecule has 1 aromatic heterocycles. The molecule has 0 spiro atoms. The average Bonchev–Trinajstić information content (AvgIpc) is 3.24. The van der Waals surface area contributed by atoms with Crippen LogP contribution in [0.15, 0.2) is 34.6 Å². The molecule has 4 rings (SSSR count). The predicted molar refractivity (Wildman–Crippen MR) is 96.1 cm³/mol. The van der Waals surface area contributed by atoms with Gasteiger partial charge in [0.15, 0.2) is 0 Å². The second kappa shape index (κ2) is 7.01. The van der Waals surface area contributed by atoms with Crippen molar-refractivity contribution < 1.29 is 9.53 Å². The predicted octanol–water partition coefficient (Wildman–Crippen LogP) is 1.19. The van der Waals surface area contributed by atoms with Crippen molar-refractivity contribution in [1.29, 1.82) is 0 Å². The quantitative estimate of drug-likeness (QED) is 0.823. The van der Waals surface area contributed by atoms with E-state index in [0.29, 0.717) is 13.1 Å². The summed E-state index contributed by atoms with van der Waals surface area (Å²) in [6.45, 7) is 4.98. The van der Waals surface area contributed by atoms with Crippen LogP contribution >= 0.6 is 11.3 Å². The molecule has 132 valence electrons. The van der Waals surface area contributed by atoms with Crippen LogP contribution in [0.25, 0.3) is 0 Å². The van der Waals surface area contributed by atoms with Gasteiger partial charge in [0.05, 0.1) is 6.61 Å². The number of benzene rings is 1. The van der Waals surface area contributed by atoms with Gasteiger partial charge in [-0.2, -0.15) is 0 Å². The molecule has 0 bridgehead atoms. The molecule has 3 heterocycles. The van der Waals surface area contributed by atoms with Gasteiger partial charge in [-0.15, -0.1) is 0 Å². The summed E-state index contributed by atoms with van der Waals surface area (Å²) in [4.78, 5) is 28.1. The summed E-state index contributed by atoms with van der Waals surface area (Å²) in [6.07, 6.45) is 2.67. The van der Waals surface area contributed by atoms with E-state index in [0.717, 1.165) is 49.7 Å². The first-order valence-electron chi connectivity index (χ1n) is 8.58. The summed E-state index contributed by atoms with van der Waals surface area (Å²) in [6, 6.07) is 6.43. The second-order valence-electron chi connectivity index (χ2n) is 6.49. The molecule has 2 aliphatic rings. The fourth-order valence-electron chi connectivity index (χ4n) is 3.41. The van der Waals surface area contributed by atoms with Crippen LogP contribution in [0.2, 0.25) is 0 Å². The Labute approximate surface area is 150 Å². The third-order valence-electron chi connectivity index (χ3n) is 4.83. The summed E-state index contributed by atoms with van der Waals surface area (Å²) < 4.78 is 7.03. The number of thiazole rings is 1.